The third-order valence-electron chi connectivity index (χ3n) is 3.79. The van der Waals surface area contributed by atoms with Gasteiger partial charge in [0.25, 0.3) is 0 Å². The monoisotopic (exact) mass is 307 g/mol. The maximum atomic E-state index is 10.4. The molecule has 0 saturated carbocycles. The Morgan fingerprint density at radius 1 is 0.810 bits per heavy atom. The van der Waals surface area contributed by atoms with Crippen LogP contribution in [0.2, 0.25) is 0 Å². The van der Waals surface area contributed by atoms with Crippen molar-refractivity contribution in [2.45, 2.75) is 84.0 Å². The number of rotatable bonds is 15. The van der Waals surface area contributed by atoms with Crippen molar-refractivity contribution in [3.8, 4) is 0 Å². The first-order chi connectivity index (χ1) is 9.66. The molecular weight excluding hydrogens is 273 g/mol. The molecule has 120 valence electrons. The first kappa shape index (κ1) is 23.7. The van der Waals surface area contributed by atoms with Crippen LogP contribution in [0.1, 0.15) is 84.0 Å². The SMILES string of the molecule is CCCCCCCCCCCCCCN(C)CC(=O)[O-].[Na+]. The van der Waals surface area contributed by atoms with Crippen LogP contribution in [-0.2, 0) is 4.79 Å². The molecule has 0 aromatic carbocycles. The van der Waals surface area contributed by atoms with Crippen LogP contribution in [0.25, 0.3) is 0 Å². The summed E-state index contributed by atoms with van der Waals surface area (Å²) in [7, 11) is 1.84. The molecule has 0 fully saturated rings. The van der Waals surface area contributed by atoms with Gasteiger partial charge in [0.15, 0.2) is 0 Å². The summed E-state index contributed by atoms with van der Waals surface area (Å²) in [5.41, 5.74) is 0. The molecule has 0 rings (SSSR count). The number of carbonyl (C=O) groups excluding carboxylic acids is 1. The van der Waals surface area contributed by atoms with Gasteiger partial charge in [-0.25, -0.2) is 0 Å². The van der Waals surface area contributed by atoms with Gasteiger partial charge in [-0.1, -0.05) is 77.6 Å². The fraction of sp³-hybridized carbons (Fsp3) is 0.941. The van der Waals surface area contributed by atoms with Crippen molar-refractivity contribution < 1.29 is 39.5 Å². The van der Waals surface area contributed by atoms with Crippen LogP contribution in [0, 0.1) is 0 Å². The van der Waals surface area contributed by atoms with Crippen LogP contribution in [0.5, 0.6) is 0 Å². The van der Waals surface area contributed by atoms with Crippen molar-refractivity contribution in [2.75, 3.05) is 20.1 Å². The normalized spacial score (nSPS) is 10.6. The first-order valence-electron chi connectivity index (χ1n) is 8.55. The summed E-state index contributed by atoms with van der Waals surface area (Å²) < 4.78 is 0. The predicted molar refractivity (Wildman–Crippen MR) is 83.6 cm³/mol. The van der Waals surface area contributed by atoms with E-state index in [1.165, 1.54) is 70.6 Å². The zero-order valence-corrected chi connectivity index (χ0v) is 16.7. The van der Waals surface area contributed by atoms with Gasteiger partial charge in [0.05, 0.1) is 5.97 Å². The second-order valence-electron chi connectivity index (χ2n) is 6.00. The average Bonchev–Trinajstić information content (AvgIpc) is 2.39. The van der Waals surface area contributed by atoms with Gasteiger partial charge in [-0.3, -0.25) is 0 Å². The number of carbonyl (C=O) groups is 1. The molecule has 3 nitrogen and oxygen atoms in total. The Morgan fingerprint density at radius 2 is 1.19 bits per heavy atom. The zero-order chi connectivity index (χ0) is 15.1. The smallest absolute Gasteiger partial charge is 0.549 e. The summed E-state index contributed by atoms with van der Waals surface area (Å²) >= 11 is 0. The minimum Gasteiger partial charge on any atom is -0.549 e. The number of hydrogen-bond donors (Lipinski definition) is 0. The Kier molecular flexibility index (Phi) is 20.8. The molecule has 0 spiro atoms. The number of hydrogen-bond acceptors (Lipinski definition) is 3. The molecule has 21 heavy (non-hydrogen) atoms. The number of carboxylic acid groups (broad SMARTS) is 1. The number of likely N-dealkylation sites (N-methyl/N-ethyl adjacent to an activating group) is 1. The summed E-state index contributed by atoms with van der Waals surface area (Å²) in [5, 5.41) is 10.4. The van der Waals surface area contributed by atoms with Crippen molar-refractivity contribution in [1.82, 2.24) is 4.90 Å². The molecule has 0 aromatic rings. The van der Waals surface area contributed by atoms with E-state index in [0.717, 1.165) is 13.0 Å². The van der Waals surface area contributed by atoms with E-state index in [-0.39, 0.29) is 36.1 Å². The van der Waals surface area contributed by atoms with Crippen molar-refractivity contribution >= 4 is 5.97 Å². The fourth-order valence-corrected chi connectivity index (χ4v) is 2.52. The zero-order valence-electron chi connectivity index (χ0n) is 14.7. The molecule has 0 aromatic heterocycles. The molecule has 4 heteroatoms. The van der Waals surface area contributed by atoms with Gasteiger partial charge in [0.2, 0.25) is 0 Å². The van der Waals surface area contributed by atoms with E-state index in [2.05, 4.69) is 6.92 Å². The number of unbranched alkanes of at least 4 members (excludes halogenated alkanes) is 11. The van der Waals surface area contributed by atoms with Gasteiger partial charge in [0.1, 0.15) is 0 Å². The van der Waals surface area contributed by atoms with Crippen molar-refractivity contribution in [1.29, 1.82) is 0 Å². The van der Waals surface area contributed by atoms with Gasteiger partial charge in [0, 0.05) is 6.54 Å². The molecular formula is C17H34NNaO2. The molecule has 0 radical (unpaired) electrons. The number of nitrogens with zero attached hydrogens (tertiary/aromatic N) is 1. The van der Waals surface area contributed by atoms with Crippen molar-refractivity contribution in [3.05, 3.63) is 0 Å². The van der Waals surface area contributed by atoms with Crippen LogP contribution in [0.4, 0.5) is 0 Å². The summed E-state index contributed by atoms with van der Waals surface area (Å²) in [6, 6.07) is 0. The van der Waals surface area contributed by atoms with Crippen molar-refractivity contribution in [2.24, 2.45) is 0 Å². The van der Waals surface area contributed by atoms with E-state index < -0.39 is 5.97 Å². The second-order valence-corrected chi connectivity index (χ2v) is 6.00. The Bertz CT molecular complexity index is 225. The van der Waals surface area contributed by atoms with Gasteiger partial charge >= 0.3 is 29.6 Å². The van der Waals surface area contributed by atoms with E-state index in [1.807, 2.05) is 11.9 Å². The van der Waals surface area contributed by atoms with E-state index in [1.54, 1.807) is 0 Å². The van der Waals surface area contributed by atoms with Crippen LogP contribution < -0.4 is 34.7 Å². The number of carboxylic acids is 1. The van der Waals surface area contributed by atoms with Crippen LogP contribution >= 0.6 is 0 Å². The van der Waals surface area contributed by atoms with Gasteiger partial charge in [-0.2, -0.15) is 0 Å². The quantitative estimate of drug-likeness (QED) is 0.324. The summed E-state index contributed by atoms with van der Waals surface area (Å²) in [4.78, 5) is 12.2. The van der Waals surface area contributed by atoms with Crippen molar-refractivity contribution in [3.63, 3.8) is 0 Å². The minimum atomic E-state index is -0.980. The largest absolute Gasteiger partial charge is 1.00 e. The predicted octanol–water partition coefficient (Wildman–Crippen LogP) is 0.373. The van der Waals surface area contributed by atoms with E-state index in [0.29, 0.717) is 0 Å². The maximum Gasteiger partial charge on any atom is 1.00 e. The average molecular weight is 307 g/mol. The topological polar surface area (TPSA) is 43.4 Å². The fourth-order valence-electron chi connectivity index (χ4n) is 2.52. The molecule has 0 saturated heterocycles. The third-order valence-corrected chi connectivity index (χ3v) is 3.79. The van der Waals surface area contributed by atoms with E-state index in [4.69, 9.17) is 0 Å². The minimum absolute atomic E-state index is 0. The standard InChI is InChI=1S/C17H35NO2.Na/c1-3-4-5-6-7-8-9-10-11-12-13-14-15-18(2)16-17(19)20;/h3-16H2,1-2H3,(H,19,20);/q;+1/p-1. The Balaban J connectivity index is 0. The number of aliphatic carboxylic acids is 1. The second kappa shape index (κ2) is 18.5. The summed E-state index contributed by atoms with van der Waals surface area (Å²) in [6.07, 6.45) is 16.0. The Morgan fingerprint density at radius 3 is 1.57 bits per heavy atom. The molecule has 0 aliphatic heterocycles. The summed E-state index contributed by atoms with van der Waals surface area (Å²) in [6.45, 7) is 3.18. The molecule has 0 unspecified atom stereocenters. The molecule has 0 amide bonds. The van der Waals surface area contributed by atoms with Gasteiger partial charge in [-0.05, 0) is 20.0 Å². The van der Waals surface area contributed by atoms with E-state index in [9.17, 15) is 9.90 Å². The Labute approximate surface area is 154 Å². The third kappa shape index (κ3) is 20.4. The van der Waals surface area contributed by atoms with Crippen LogP contribution in [-0.4, -0.2) is 31.0 Å². The molecule has 0 heterocycles. The Hall–Kier alpha value is 0.430. The summed E-state index contributed by atoms with van der Waals surface area (Å²) in [5.74, 6) is -0.980. The maximum absolute atomic E-state index is 10.4. The van der Waals surface area contributed by atoms with E-state index >= 15 is 0 Å². The molecule has 0 bridgehead atoms. The first-order valence-corrected chi connectivity index (χ1v) is 8.55. The molecule has 0 aliphatic carbocycles. The molecule has 0 aliphatic rings. The van der Waals surface area contributed by atoms with Gasteiger partial charge < -0.3 is 14.8 Å². The van der Waals surface area contributed by atoms with Crippen LogP contribution in [0.3, 0.4) is 0 Å². The van der Waals surface area contributed by atoms with Crippen LogP contribution in [0.15, 0.2) is 0 Å². The van der Waals surface area contributed by atoms with Gasteiger partial charge in [-0.15, -0.1) is 0 Å². The molecule has 0 N–H and O–H groups in total. The molecule has 0 atom stereocenters.